The van der Waals surface area contributed by atoms with E-state index in [2.05, 4.69) is 10.2 Å². The van der Waals surface area contributed by atoms with Crippen molar-refractivity contribution in [2.75, 3.05) is 38.2 Å². The lowest BCUT2D eigenvalue weighted by molar-refractivity contribution is -0.118. The molecule has 0 spiro atoms. The molecule has 0 aromatic heterocycles. The Kier molecular flexibility index (Phi) is 7.64. The first-order valence-corrected chi connectivity index (χ1v) is 7.78. The lowest BCUT2D eigenvalue weighted by atomic mass is 10.0. The van der Waals surface area contributed by atoms with E-state index < -0.39 is 0 Å². The molecule has 1 fully saturated rings. The van der Waals surface area contributed by atoms with E-state index in [1.54, 1.807) is 11.8 Å². The van der Waals surface area contributed by atoms with Gasteiger partial charge in [0.15, 0.2) is 0 Å². The minimum Gasteiger partial charge on any atom is -0.395 e. The zero-order valence-corrected chi connectivity index (χ0v) is 11.5. The number of carbonyl (C=O) groups is 1. The first-order chi connectivity index (χ1) is 8.27. The second kappa shape index (κ2) is 8.78. The number of amides is 1. The van der Waals surface area contributed by atoms with Crippen molar-refractivity contribution in [1.82, 2.24) is 10.2 Å². The molecule has 1 saturated heterocycles. The van der Waals surface area contributed by atoms with Gasteiger partial charge in [0.25, 0.3) is 0 Å². The van der Waals surface area contributed by atoms with Gasteiger partial charge in [0.05, 0.1) is 12.4 Å². The van der Waals surface area contributed by atoms with Crippen LogP contribution < -0.4 is 5.32 Å². The topological polar surface area (TPSA) is 52.6 Å². The summed E-state index contributed by atoms with van der Waals surface area (Å²) in [5.41, 5.74) is 0. The molecule has 2 N–H and O–H groups in total. The molecule has 17 heavy (non-hydrogen) atoms. The van der Waals surface area contributed by atoms with Crippen LogP contribution in [-0.4, -0.2) is 60.2 Å². The molecule has 100 valence electrons. The number of aliphatic hydroxyl groups excluding tert-OH is 1. The van der Waals surface area contributed by atoms with E-state index in [-0.39, 0.29) is 12.5 Å². The average Bonchev–Trinajstić information content (AvgIpc) is 2.35. The van der Waals surface area contributed by atoms with Gasteiger partial charge in [0.1, 0.15) is 0 Å². The van der Waals surface area contributed by atoms with Crippen molar-refractivity contribution in [2.24, 2.45) is 0 Å². The summed E-state index contributed by atoms with van der Waals surface area (Å²) in [6.07, 6.45) is 6.46. The first kappa shape index (κ1) is 14.8. The standard InChI is InChI=1S/C12H24N2O2S/c1-17-10-12(16)13-6-4-8-14-7-3-2-5-11(14)9-15/h11,15H,2-10H2,1H3,(H,13,16)/t11-/m1/s1. The largest absolute Gasteiger partial charge is 0.395 e. The number of nitrogens with one attached hydrogen (secondary N) is 1. The third kappa shape index (κ3) is 5.75. The number of piperidine rings is 1. The Hall–Kier alpha value is -0.260. The Morgan fingerprint density at radius 1 is 1.53 bits per heavy atom. The third-order valence-electron chi connectivity index (χ3n) is 3.18. The fraction of sp³-hybridized carbons (Fsp3) is 0.917. The van der Waals surface area contributed by atoms with Gasteiger partial charge in [-0.15, -0.1) is 0 Å². The quantitative estimate of drug-likeness (QED) is 0.662. The predicted molar refractivity (Wildman–Crippen MR) is 72.3 cm³/mol. The Labute approximate surface area is 108 Å². The number of hydrogen-bond acceptors (Lipinski definition) is 4. The van der Waals surface area contributed by atoms with E-state index in [0.717, 1.165) is 32.5 Å². The van der Waals surface area contributed by atoms with Crippen LogP contribution in [0.25, 0.3) is 0 Å². The van der Waals surface area contributed by atoms with Crippen molar-refractivity contribution in [3.8, 4) is 0 Å². The van der Waals surface area contributed by atoms with Crippen LogP contribution in [0.3, 0.4) is 0 Å². The minimum absolute atomic E-state index is 0.120. The Balaban J connectivity index is 2.10. The molecule has 1 rings (SSSR count). The van der Waals surface area contributed by atoms with Crippen LogP contribution in [0, 0.1) is 0 Å². The molecule has 4 nitrogen and oxygen atoms in total. The molecule has 0 aliphatic carbocycles. The van der Waals surface area contributed by atoms with Crippen LogP contribution in [0.2, 0.25) is 0 Å². The monoisotopic (exact) mass is 260 g/mol. The van der Waals surface area contributed by atoms with Crippen LogP contribution in [-0.2, 0) is 4.79 Å². The average molecular weight is 260 g/mol. The molecule has 1 aliphatic rings. The zero-order chi connectivity index (χ0) is 12.5. The van der Waals surface area contributed by atoms with Gasteiger partial charge in [-0.1, -0.05) is 6.42 Å². The van der Waals surface area contributed by atoms with Crippen molar-refractivity contribution < 1.29 is 9.90 Å². The summed E-state index contributed by atoms with van der Waals surface area (Å²) in [6, 6.07) is 0.339. The molecule has 0 aromatic carbocycles. The van der Waals surface area contributed by atoms with E-state index in [4.69, 9.17) is 0 Å². The van der Waals surface area contributed by atoms with Crippen LogP contribution in [0.15, 0.2) is 0 Å². The van der Waals surface area contributed by atoms with Gasteiger partial charge in [0.2, 0.25) is 5.91 Å². The number of thioether (sulfide) groups is 1. The van der Waals surface area contributed by atoms with Gasteiger partial charge in [0, 0.05) is 19.1 Å². The van der Waals surface area contributed by atoms with Gasteiger partial charge < -0.3 is 10.4 Å². The van der Waals surface area contributed by atoms with Crippen molar-refractivity contribution in [2.45, 2.75) is 31.7 Å². The fourth-order valence-electron chi connectivity index (χ4n) is 2.25. The maximum absolute atomic E-state index is 11.2. The first-order valence-electron chi connectivity index (χ1n) is 6.38. The molecule has 0 bridgehead atoms. The van der Waals surface area contributed by atoms with Gasteiger partial charge in [-0.3, -0.25) is 9.69 Å². The highest BCUT2D eigenvalue weighted by Gasteiger charge is 2.20. The normalized spacial score (nSPS) is 21.4. The number of rotatable bonds is 7. The van der Waals surface area contributed by atoms with E-state index >= 15 is 0 Å². The number of carbonyl (C=O) groups excluding carboxylic acids is 1. The molecule has 0 aromatic rings. The highest BCUT2D eigenvalue weighted by molar-refractivity contribution is 7.99. The summed E-state index contributed by atoms with van der Waals surface area (Å²) < 4.78 is 0. The highest BCUT2D eigenvalue weighted by Crippen LogP contribution is 2.16. The second-order valence-electron chi connectivity index (χ2n) is 4.50. The van der Waals surface area contributed by atoms with Crippen molar-refractivity contribution in [3.05, 3.63) is 0 Å². The minimum atomic E-state index is 0.120. The summed E-state index contributed by atoms with van der Waals surface area (Å²) >= 11 is 1.54. The van der Waals surface area contributed by atoms with Crippen molar-refractivity contribution >= 4 is 17.7 Å². The lowest BCUT2D eigenvalue weighted by Crippen LogP contribution is -2.43. The predicted octanol–water partition coefficient (Wildman–Crippen LogP) is 0.702. The summed E-state index contributed by atoms with van der Waals surface area (Å²) in [5.74, 6) is 0.665. The van der Waals surface area contributed by atoms with Gasteiger partial charge in [-0.25, -0.2) is 0 Å². The molecule has 0 unspecified atom stereocenters. The van der Waals surface area contributed by atoms with E-state index in [0.29, 0.717) is 11.8 Å². The summed E-state index contributed by atoms with van der Waals surface area (Å²) in [6.45, 7) is 3.07. The Morgan fingerprint density at radius 2 is 2.35 bits per heavy atom. The fourth-order valence-corrected chi connectivity index (χ4v) is 2.62. The Bertz CT molecular complexity index is 227. The second-order valence-corrected chi connectivity index (χ2v) is 5.37. The molecule has 5 heteroatoms. The van der Waals surface area contributed by atoms with Crippen LogP contribution in [0.1, 0.15) is 25.7 Å². The van der Waals surface area contributed by atoms with Gasteiger partial charge in [-0.05, 0) is 32.1 Å². The molecule has 0 saturated carbocycles. The molecule has 1 aliphatic heterocycles. The Morgan fingerprint density at radius 3 is 3.06 bits per heavy atom. The summed E-state index contributed by atoms with van der Waals surface area (Å²) in [7, 11) is 0. The smallest absolute Gasteiger partial charge is 0.229 e. The van der Waals surface area contributed by atoms with E-state index in [1.165, 1.54) is 12.8 Å². The maximum Gasteiger partial charge on any atom is 0.229 e. The molecular formula is C12H24N2O2S. The van der Waals surface area contributed by atoms with Gasteiger partial charge >= 0.3 is 0 Å². The number of aliphatic hydroxyl groups is 1. The van der Waals surface area contributed by atoms with E-state index in [1.807, 2.05) is 6.26 Å². The third-order valence-corrected chi connectivity index (χ3v) is 3.73. The molecule has 1 atom stereocenters. The SMILES string of the molecule is CSCC(=O)NCCCN1CCCC[C@@H]1CO. The van der Waals surface area contributed by atoms with Crippen molar-refractivity contribution in [3.63, 3.8) is 0 Å². The lowest BCUT2D eigenvalue weighted by Gasteiger charge is -2.34. The van der Waals surface area contributed by atoms with Crippen molar-refractivity contribution in [1.29, 1.82) is 0 Å². The van der Waals surface area contributed by atoms with Gasteiger partial charge in [-0.2, -0.15) is 11.8 Å². The maximum atomic E-state index is 11.2. The molecule has 0 radical (unpaired) electrons. The molecule has 1 heterocycles. The number of nitrogens with zero attached hydrogens (tertiary/aromatic N) is 1. The summed E-state index contributed by atoms with van der Waals surface area (Å²) in [4.78, 5) is 13.6. The van der Waals surface area contributed by atoms with Crippen LogP contribution in [0.5, 0.6) is 0 Å². The summed E-state index contributed by atoms with van der Waals surface area (Å²) in [5, 5.41) is 12.2. The van der Waals surface area contributed by atoms with E-state index in [9.17, 15) is 9.90 Å². The van der Waals surface area contributed by atoms with Crippen LogP contribution >= 0.6 is 11.8 Å². The molecular weight excluding hydrogens is 236 g/mol. The number of likely N-dealkylation sites (tertiary alicyclic amines) is 1. The van der Waals surface area contributed by atoms with Crippen LogP contribution in [0.4, 0.5) is 0 Å². The molecule has 1 amide bonds. The zero-order valence-electron chi connectivity index (χ0n) is 10.7. The number of hydrogen-bond donors (Lipinski definition) is 2. The highest BCUT2D eigenvalue weighted by atomic mass is 32.2.